The number of halogens is 1. The zero-order valence-corrected chi connectivity index (χ0v) is 14.2. The van der Waals surface area contributed by atoms with Crippen LogP contribution in [0.4, 0.5) is 4.39 Å². The monoisotopic (exact) mass is 338 g/mol. The second kappa shape index (κ2) is 6.51. The van der Waals surface area contributed by atoms with Crippen molar-refractivity contribution in [2.75, 3.05) is 0 Å². The van der Waals surface area contributed by atoms with Gasteiger partial charge in [0.25, 0.3) is 0 Å². The molecule has 1 aromatic carbocycles. The Bertz CT molecular complexity index is 989. The van der Waals surface area contributed by atoms with Crippen LogP contribution in [0.3, 0.4) is 0 Å². The number of aromatic nitrogens is 1. The summed E-state index contributed by atoms with van der Waals surface area (Å²) in [6.07, 6.45) is 3.44. The molecule has 0 atom stereocenters. The lowest BCUT2D eigenvalue weighted by Gasteiger charge is -2.09. The van der Waals surface area contributed by atoms with Crippen molar-refractivity contribution in [3.05, 3.63) is 76.4 Å². The van der Waals surface area contributed by atoms with Gasteiger partial charge >= 0.3 is 0 Å². The minimum Gasteiger partial charge on any atom is -0.366 e. The van der Waals surface area contributed by atoms with E-state index in [1.54, 1.807) is 16.5 Å². The van der Waals surface area contributed by atoms with Crippen molar-refractivity contribution in [1.82, 2.24) is 4.40 Å². The summed E-state index contributed by atoms with van der Waals surface area (Å²) < 4.78 is 15.8. The number of ketones is 1. The number of nitrogens with two attached hydrogens (primary N) is 1. The summed E-state index contributed by atoms with van der Waals surface area (Å²) in [4.78, 5) is 24.7. The maximum absolute atomic E-state index is 14.1. The molecule has 5 heteroatoms. The van der Waals surface area contributed by atoms with Crippen molar-refractivity contribution >= 4 is 17.2 Å². The molecule has 0 unspecified atom stereocenters. The van der Waals surface area contributed by atoms with Crippen LogP contribution in [0.1, 0.15) is 51.4 Å². The van der Waals surface area contributed by atoms with Gasteiger partial charge in [0, 0.05) is 17.3 Å². The first kappa shape index (κ1) is 16.9. The second-order valence-electron chi connectivity index (χ2n) is 5.90. The van der Waals surface area contributed by atoms with E-state index in [1.807, 2.05) is 20.0 Å². The summed E-state index contributed by atoms with van der Waals surface area (Å²) in [5.74, 6) is -1.69. The second-order valence-corrected chi connectivity index (χ2v) is 5.90. The average molecular weight is 338 g/mol. The minimum absolute atomic E-state index is 0.0322. The summed E-state index contributed by atoms with van der Waals surface area (Å²) in [5.41, 5.74) is 8.79. The fraction of sp³-hybridized carbons (Fsp3) is 0.200. The van der Waals surface area contributed by atoms with Crippen molar-refractivity contribution in [3.8, 4) is 0 Å². The van der Waals surface area contributed by atoms with Gasteiger partial charge in [0.2, 0.25) is 11.7 Å². The van der Waals surface area contributed by atoms with Gasteiger partial charge in [-0.05, 0) is 48.2 Å². The van der Waals surface area contributed by atoms with Crippen molar-refractivity contribution in [2.24, 2.45) is 5.73 Å². The SMILES string of the molecule is CCc1cn2c(C(=O)c3ccccc3F)cc(C(N)=O)cc2c1CC. The molecule has 25 heavy (non-hydrogen) atoms. The quantitative estimate of drug-likeness (QED) is 0.723. The van der Waals surface area contributed by atoms with Crippen LogP contribution in [0.5, 0.6) is 0 Å². The number of hydrogen-bond donors (Lipinski definition) is 1. The van der Waals surface area contributed by atoms with Gasteiger partial charge in [0.05, 0.1) is 11.3 Å². The molecule has 2 heterocycles. The maximum Gasteiger partial charge on any atom is 0.248 e. The van der Waals surface area contributed by atoms with Crippen LogP contribution < -0.4 is 5.73 Å². The topological polar surface area (TPSA) is 64.6 Å². The predicted octanol–water partition coefficient (Wildman–Crippen LogP) is 3.53. The zero-order valence-electron chi connectivity index (χ0n) is 14.2. The molecule has 0 fully saturated rings. The first-order valence-corrected chi connectivity index (χ1v) is 8.23. The standard InChI is InChI=1S/C20H19FN2O2/c1-3-12-11-23-17(14(12)4-2)9-13(20(22)25)10-18(23)19(24)15-7-5-6-8-16(15)21/h5-11H,3-4H2,1-2H3,(H2,22,25). The van der Waals surface area contributed by atoms with E-state index in [9.17, 15) is 14.0 Å². The lowest BCUT2D eigenvalue weighted by molar-refractivity contribution is 0.1000. The number of carbonyl (C=O) groups is 2. The normalized spacial score (nSPS) is 11.0. The number of fused-ring (bicyclic) bond motifs is 1. The molecule has 128 valence electrons. The van der Waals surface area contributed by atoms with Crippen LogP contribution in [0.2, 0.25) is 0 Å². The third kappa shape index (κ3) is 2.82. The third-order valence-electron chi connectivity index (χ3n) is 4.46. The molecule has 0 radical (unpaired) electrons. The first-order valence-electron chi connectivity index (χ1n) is 8.23. The summed E-state index contributed by atoms with van der Waals surface area (Å²) in [6, 6.07) is 8.94. The number of aryl methyl sites for hydroxylation is 2. The number of carbonyl (C=O) groups excluding carboxylic acids is 2. The zero-order chi connectivity index (χ0) is 18.1. The van der Waals surface area contributed by atoms with Crippen LogP contribution in [0.25, 0.3) is 5.52 Å². The number of hydrogen-bond acceptors (Lipinski definition) is 2. The Morgan fingerprint density at radius 1 is 1.12 bits per heavy atom. The van der Waals surface area contributed by atoms with Crippen molar-refractivity contribution in [1.29, 1.82) is 0 Å². The Morgan fingerprint density at radius 2 is 1.84 bits per heavy atom. The van der Waals surface area contributed by atoms with Gasteiger partial charge in [-0.15, -0.1) is 0 Å². The largest absolute Gasteiger partial charge is 0.366 e. The number of pyridine rings is 1. The molecule has 3 rings (SSSR count). The Morgan fingerprint density at radius 3 is 2.44 bits per heavy atom. The molecule has 2 N–H and O–H groups in total. The van der Waals surface area contributed by atoms with Gasteiger partial charge < -0.3 is 10.1 Å². The molecule has 0 saturated carbocycles. The molecule has 2 aromatic heterocycles. The summed E-state index contributed by atoms with van der Waals surface area (Å²) in [6.45, 7) is 4.05. The number of primary amides is 1. The van der Waals surface area contributed by atoms with Gasteiger partial charge in [-0.3, -0.25) is 9.59 Å². The Labute approximate surface area is 145 Å². The van der Waals surface area contributed by atoms with Gasteiger partial charge in [0.1, 0.15) is 5.82 Å². The predicted molar refractivity (Wildman–Crippen MR) is 94.5 cm³/mol. The highest BCUT2D eigenvalue weighted by Gasteiger charge is 2.21. The van der Waals surface area contributed by atoms with Crippen molar-refractivity contribution < 1.29 is 14.0 Å². The number of rotatable bonds is 5. The summed E-state index contributed by atoms with van der Waals surface area (Å²) >= 11 is 0. The summed E-state index contributed by atoms with van der Waals surface area (Å²) in [5, 5.41) is 0. The van der Waals surface area contributed by atoms with E-state index in [2.05, 4.69) is 0 Å². The van der Waals surface area contributed by atoms with E-state index >= 15 is 0 Å². The molecule has 0 aliphatic heterocycles. The number of nitrogens with zero attached hydrogens (tertiary/aromatic N) is 1. The molecule has 4 nitrogen and oxygen atoms in total. The summed E-state index contributed by atoms with van der Waals surface area (Å²) in [7, 11) is 0. The molecule has 0 spiro atoms. The lowest BCUT2D eigenvalue weighted by atomic mass is 10.0. The van der Waals surface area contributed by atoms with E-state index in [0.717, 1.165) is 29.5 Å². The Hall–Kier alpha value is -2.95. The molecule has 1 amide bonds. The highest BCUT2D eigenvalue weighted by atomic mass is 19.1. The smallest absolute Gasteiger partial charge is 0.248 e. The Balaban J connectivity index is 2.33. The van der Waals surface area contributed by atoms with Crippen LogP contribution in [0.15, 0.2) is 42.6 Å². The molecular weight excluding hydrogens is 319 g/mol. The minimum atomic E-state index is -0.619. The van der Waals surface area contributed by atoms with Crippen molar-refractivity contribution in [2.45, 2.75) is 26.7 Å². The number of benzene rings is 1. The van der Waals surface area contributed by atoms with Gasteiger partial charge in [0.15, 0.2) is 0 Å². The van der Waals surface area contributed by atoms with E-state index in [1.165, 1.54) is 24.3 Å². The maximum atomic E-state index is 14.1. The number of amides is 1. The van der Waals surface area contributed by atoms with Crippen LogP contribution in [0, 0.1) is 5.82 Å². The van der Waals surface area contributed by atoms with E-state index < -0.39 is 17.5 Å². The van der Waals surface area contributed by atoms with Gasteiger partial charge in [-0.2, -0.15) is 0 Å². The van der Waals surface area contributed by atoms with E-state index in [-0.39, 0.29) is 16.8 Å². The molecule has 0 saturated heterocycles. The van der Waals surface area contributed by atoms with Crippen LogP contribution >= 0.6 is 0 Å². The Kier molecular flexibility index (Phi) is 4.40. The molecule has 0 bridgehead atoms. The molecule has 0 aliphatic rings. The van der Waals surface area contributed by atoms with E-state index in [4.69, 9.17) is 5.73 Å². The first-order chi connectivity index (χ1) is 12.0. The fourth-order valence-corrected chi connectivity index (χ4v) is 3.19. The third-order valence-corrected chi connectivity index (χ3v) is 4.46. The molecule has 3 aromatic rings. The van der Waals surface area contributed by atoms with Gasteiger partial charge in [-0.1, -0.05) is 26.0 Å². The van der Waals surface area contributed by atoms with Crippen LogP contribution in [-0.2, 0) is 12.8 Å². The van der Waals surface area contributed by atoms with Crippen molar-refractivity contribution in [3.63, 3.8) is 0 Å². The van der Waals surface area contributed by atoms with Gasteiger partial charge in [-0.25, -0.2) is 4.39 Å². The molecule has 0 aliphatic carbocycles. The highest BCUT2D eigenvalue weighted by Crippen LogP contribution is 2.25. The fourth-order valence-electron chi connectivity index (χ4n) is 3.19. The lowest BCUT2D eigenvalue weighted by Crippen LogP contribution is -2.15. The highest BCUT2D eigenvalue weighted by molar-refractivity contribution is 6.10. The average Bonchev–Trinajstić information content (AvgIpc) is 2.98. The van der Waals surface area contributed by atoms with Crippen LogP contribution in [-0.4, -0.2) is 16.1 Å². The van der Waals surface area contributed by atoms with E-state index in [0.29, 0.717) is 0 Å². The molecular formula is C20H19FN2O2.